The van der Waals surface area contributed by atoms with Crippen LogP contribution in [0.4, 0.5) is 5.69 Å². The lowest BCUT2D eigenvalue weighted by Crippen LogP contribution is -2.39. The fourth-order valence-electron chi connectivity index (χ4n) is 2.95. The molecule has 2 N–H and O–H groups in total. The second-order valence-electron chi connectivity index (χ2n) is 6.43. The molecular formula is C21H14ClN3O5. The molecule has 2 aromatic heterocycles. The molecule has 1 amide bonds. The van der Waals surface area contributed by atoms with E-state index in [1.165, 1.54) is 6.07 Å². The fraction of sp³-hybridized carbons (Fsp3) is 0.0476. The number of H-pyrrole nitrogens is 1. The molecule has 0 aliphatic heterocycles. The Hall–Kier alpha value is -3.91. The molecule has 4 aromatic rings. The minimum Gasteiger partial charge on any atom is -0.421 e. The summed E-state index contributed by atoms with van der Waals surface area (Å²) in [5.74, 6) is -0.855. The van der Waals surface area contributed by atoms with Crippen LogP contribution in [-0.2, 0) is 6.54 Å². The van der Waals surface area contributed by atoms with E-state index in [4.69, 9.17) is 16.0 Å². The van der Waals surface area contributed by atoms with Gasteiger partial charge in [0.1, 0.15) is 16.8 Å². The topological polar surface area (TPSA) is 114 Å². The number of carbonyl (C=O) groups excluding carboxylic acids is 1. The van der Waals surface area contributed by atoms with Crippen LogP contribution < -0.4 is 22.2 Å². The van der Waals surface area contributed by atoms with E-state index in [1.807, 2.05) is 0 Å². The number of rotatable bonds is 4. The number of amides is 1. The van der Waals surface area contributed by atoms with E-state index in [9.17, 15) is 19.2 Å². The summed E-state index contributed by atoms with van der Waals surface area (Å²) in [4.78, 5) is 52.1. The van der Waals surface area contributed by atoms with Crippen LogP contribution in [-0.4, -0.2) is 15.5 Å². The van der Waals surface area contributed by atoms with Crippen molar-refractivity contribution in [2.75, 3.05) is 5.32 Å². The molecule has 0 aliphatic carbocycles. The van der Waals surface area contributed by atoms with Crippen molar-refractivity contribution < 1.29 is 9.21 Å². The molecule has 0 saturated carbocycles. The summed E-state index contributed by atoms with van der Waals surface area (Å²) in [7, 11) is 0. The van der Waals surface area contributed by atoms with E-state index >= 15 is 0 Å². The molecule has 0 radical (unpaired) electrons. The lowest BCUT2D eigenvalue weighted by molar-refractivity contribution is 0.102. The maximum Gasteiger partial charge on any atom is 0.360 e. The number of benzene rings is 2. The molecule has 0 bridgehead atoms. The first-order valence-corrected chi connectivity index (χ1v) is 9.22. The highest BCUT2D eigenvalue weighted by Crippen LogP contribution is 2.16. The Morgan fingerprint density at radius 2 is 1.80 bits per heavy atom. The Bertz CT molecular complexity index is 1450. The molecule has 2 aromatic carbocycles. The zero-order valence-corrected chi connectivity index (χ0v) is 16.1. The van der Waals surface area contributed by atoms with Crippen LogP contribution in [0.5, 0.6) is 0 Å². The van der Waals surface area contributed by atoms with E-state index in [2.05, 4.69) is 10.3 Å². The van der Waals surface area contributed by atoms with Gasteiger partial charge in [-0.15, -0.1) is 0 Å². The summed E-state index contributed by atoms with van der Waals surface area (Å²) in [5, 5.41) is 3.36. The van der Waals surface area contributed by atoms with Gasteiger partial charge >= 0.3 is 11.3 Å². The maximum atomic E-state index is 12.8. The van der Waals surface area contributed by atoms with Gasteiger partial charge in [0.15, 0.2) is 0 Å². The number of halogens is 1. The second-order valence-corrected chi connectivity index (χ2v) is 6.84. The number of aromatic nitrogens is 2. The molecule has 4 rings (SSSR count). The van der Waals surface area contributed by atoms with Gasteiger partial charge < -0.3 is 14.7 Å². The van der Waals surface area contributed by atoms with Gasteiger partial charge in [-0.2, -0.15) is 0 Å². The minimum absolute atomic E-state index is 0.118. The number of nitrogens with one attached hydrogen (secondary N) is 2. The van der Waals surface area contributed by atoms with Crippen molar-refractivity contribution in [3.63, 3.8) is 0 Å². The molecule has 0 saturated heterocycles. The first-order valence-electron chi connectivity index (χ1n) is 8.84. The molecule has 0 aliphatic rings. The summed E-state index contributed by atoms with van der Waals surface area (Å²) in [6.07, 6.45) is 1.01. The SMILES string of the molecule is O=C(Nc1cc2ccccc2oc1=O)c1c[nH]c(=O)n(Cc2ccccc2Cl)c1=O. The number of anilines is 1. The van der Waals surface area contributed by atoms with Gasteiger partial charge in [-0.1, -0.05) is 48.0 Å². The number of hydrogen-bond donors (Lipinski definition) is 2. The number of para-hydroxylation sites is 1. The maximum absolute atomic E-state index is 12.8. The minimum atomic E-state index is -0.855. The summed E-state index contributed by atoms with van der Waals surface area (Å²) < 4.78 is 6.03. The predicted molar refractivity (Wildman–Crippen MR) is 112 cm³/mol. The van der Waals surface area contributed by atoms with Crippen LogP contribution >= 0.6 is 11.6 Å². The fourth-order valence-corrected chi connectivity index (χ4v) is 3.15. The largest absolute Gasteiger partial charge is 0.421 e. The molecule has 0 unspecified atom stereocenters. The van der Waals surface area contributed by atoms with Gasteiger partial charge in [0.05, 0.1) is 6.54 Å². The highest BCUT2D eigenvalue weighted by molar-refractivity contribution is 6.31. The van der Waals surface area contributed by atoms with Crippen LogP contribution in [0.2, 0.25) is 5.02 Å². The van der Waals surface area contributed by atoms with Gasteiger partial charge in [-0.05, 0) is 23.8 Å². The zero-order chi connectivity index (χ0) is 21.3. The standard InChI is InChI=1S/C21H14ClN3O5/c22-15-7-3-1-6-13(15)11-25-19(27)14(10-23-21(25)29)18(26)24-16-9-12-5-2-4-8-17(12)30-20(16)28/h1-10H,11H2,(H,23,29)(H,24,26). The lowest BCUT2D eigenvalue weighted by Gasteiger charge is -2.09. The normalized spacial score (nSPS) is 10.8. The average molecular weight is 424 g/mol. The molecule has 2 heterocycles. The molecule has 9 heteroatoms. The van der Waals surface area contributed by atoms with Crippen LogP contribution in [0.1, 0.15) is 15.9 Å². The molecule has 0 atom stereocenters. The Labute approximate surface area is 173 Å². The average Bonchev–Trinajstić information content (AvgIpc) is 2.73. The summed E-state index contributed by atoms with van der Waals surface area (Å²) in [5.41, 5.74) is -1.83. The lowest BCUT2D eigenvalue weighted by atomic mass is 10.2. The van der Waals surface area contributed by atoms with Crippen LogP contribution in [0.15, 0.2) is 79.6 Å². The van der Waals surface area contributed by atoms with Gasteiger partial charge in [-0.25, -0.2) is 9.59 Å². The van der Waals surface area contributed by atoms with Crippen LogP contribution in [0.3, 0.4) is 0 Å². The van der Waals surface area contributed by atoms with E-state index in [-0.39, 0.29) is 17.8 Å². The molecule has 0 fully saturated rings. The Balaban J connectivity index is 1.69. The number of carbonyl (C=O) groups is 1. The van der Waals surface area contributed by atoms with Crippen molar-refractivity contribution in [3.8, 4) is 0 Å². The van der Waals surface area contributed by atoms with Crippen molar-refractivity contribution in [1.29, 1.82) is 0 Å². The smallest absolute Gasteiger partial charge is 0.360 e. The van der Waals surface area contributed by atoms with Crippen molar-refractivity contribution in [2.45, 2.75) is 6.54 Å². The van der Waals surface area contributed by atoms with Crippen molar-refractivity contribution in [2.24, 2.45) is 0 Å². The van der Waals surface area contributed by atoms with Gasteiger partial charge in [0, 0.05) is 16.6 Å². The highest BCUT2D eigenvalue weighted by atomic mass is 35.5. The quantitative estimate of drug-likeness (QED) is 0.490. The number of aromatic amines is 1. The molecule has 30 heavy (non-hydrogen) atoms. The third kappa shape index (κ3) is 3.68. The predicted octanol–water partition coefficient (Wildman–Crippen LogP) is 2.60. The van der Waals surface area contributed by atoms with E-state index in [0.717, 1.165) is 10.8 Å². The van der Waals surface area contributed by atoms with E-state index in [1.54, 1.807) is 48.5 Å². The number of nitrogens with zero attached hydrogens (tertiary/aromatic N) is 1. The summed E-state index contributed by atoms with van der Waals surface area (Å²) in [6.45, 7) is -0.118. The second kappa shape index (κ2) is 7.84. The number of fused-ring (bicyclic) bond motifs is 1. The molecule has 8 nitrogen and oxygen atoms in total. The van der Waals surface area contributed by atoms with Crippen molar-refractivity contribution >= 4 is 34.2 Å². The summed E-state index contributed by atoms with van der Waals surface area (Å²) in [6, 6.07) is 15.0. The monoisotopic (exact) mass is 423 g/mol. The number of hydrogen-bond acceptors (Lipinski definition) is 5. The zero-order valence-electron chi connectivity index (χ0n) is 15.3. The third-order valence-corrected chi connectivity index (χ3v) is 4.85. The summed E-state index contributed by atoms with van der Waals surface area (Å²) >= 11 is 6.10. The van der Waals surface area contributed by atoms with E-state index < -0.39 is 22.8 Å². The van der Waals surface area contributed by atoms with Gasteiger partial charge in [0.25, 0.3) is 11.5 Å². The highest BCUT2D eigenvalue weighted by Gasteiger charge is 2.17. The van der Waals surface area contributed by atoms with Gasteiger partial charge in [0.2, 0.25) is 0 Å². The molecule has 150 valence electrons. The first kappa shape index (κ1) is 19.4. The van der Waals surface area contributed by atoms with E-state index in [0.29, 0.717) is 21.6 Å². The first-order chi connectivity index (χ1) is 14.4. The van der Waals surface area contributed by atoms with Crippen LogP contribution in [0, 0.1) is 0 Å². The molecular weight excluding hydrogens is 410 g/mol. The Morgan fingerprint density at radius 3 is 2.60 bits per heavy atom. The molecule has 0 spiro atoms. The van der Waals surface area contributed by atoms with Gasteiger partial charge in [-0.3, -0.25) is 14.2 Å². The third-order valence-electron chi connectivity index (χ3n) is 4.48. The Morgan fingerprint density at radius 1 is 1.07 bits per heavy atom. The van der Waals surface area contributed by atoms with Crippen molar-refractivity contribution in [3.05, 3.63) is 108 Å². The Kier molecular flexibility index (Phi) is 5.07. The van der Waals surface area contributed by atoms with Crippen molar-refractivity contribution in [1.82, 2.24) is 9.55 Å². The van der Waals surface area contributed by atoms with Crippen LogP contribution in [0.25, 0.3) is 11.0 Å².